The average Bonchev–Trinajstić information content (AvgIpc) is 2.35. The van der Waals surface area contributed by atoms with Crippen LogP contribution in [0.3, 0.4) is 0 Å². The highest BCUT2D eigenvalue weighted by Gasteiger charge is 2.23. The molecule has 0 saturated heterocycles. The third-order valence-electron chi connectivity index (χ3n) is 3.54. The normalized spacial score (nSPS) is 22.6. The molecule has 0 bridgehead atoms. The minimum absolute atomic E-state index is 0.157. The molecule has 1 fully saturated rings. The van der Waals surface area contributed by atoms with E-state index in [0.29, 0.717) is 13.0 Å². The molecular formula is C14H16BrF2NO2. The van der Waals surface area contributed by atoms with Crippen LogP contribution in [0.25, 0.3) is 0 Å². The second kappa shape index (κ2) is 6.63. The van der Waals surface area contributed by atoms with Crippen molar-refractivity contribution >= 4 is 21.8 Å². The second-order valence-corrected chi connectivity index (χ2v) is 6.06. The largest absolute Gasteiger partial charge is 0.393 e. The van der Waals surface area contributed by atoms with E-state index in [0.717, 1.165) is 31.4 Å². The highest BCUT2D eigenvalue weighted by Crippen LogP contribution is 2.24. The van der Waals surface area contributed by atoms with Crippen LogP contribution in [-0.2, 0) is 0 Å². The van der Waals surface area contributed by atoms with Crippen LogP contribution in [0.2, 0.25) is 0 Å². The smallest absolute Gasteiger partial charge is 0.257 e. The number of nitrogens with one attached hydrogen (secondary N) is 1. The Labute approximate surface area is 124 Å². The van der Waals surface area contributed by atoms with Gasteiger partial charge in [0.05, 0.1) is 6.10 Å². The minimum Gasteiger partial charge on any atom is -0.393 e. The number of hydrogen-bond donors (Lipinski definition) is 2. The molecular weight excluding hydrogens is 332 g/mol. The van der Waals surface area contributed by atoms with E-state index in [-0.39, 0.29) is 16.5 Å². The van der Waals surface area contributed by atoms with E-state index in [4.69, 9.17) is 0 Å². The summed E-state index contributed by atoms with van der Waals surface area (Å²) in [6.07, 6.45) is 2.86. The third kappa shape index (κ3) is 3.76. The Kier molecular flexibility index (Phi) is 5.10. The van der Waals surface area contributed by atoms with Gasteiger partial charge in [0.1, 0.15) is 17.2 Å². The van der Waals surface area contributed by atoms with Gasteiger partial charge in [-0.05, 0) is 37.3 Å². The zero-order chi connectivity index (χ0) is 14.7. The zero-order valence-corrected chi connectivity index (χ0v) is 12.4. The van der Waals surface area contributed by atoms with Gasteiger partial charge in [-0.15, -0.1) is 0 Å². The van der Waals surface area contributed by atoms with Crippen molar-refractivity contribution in [2.75, 3.05) is 6.54 Å². The van der Waals surface area contributed by atoms with Crippen LogP contribution in [-0.4, -0.2) is 23.7 Å². The Morgan fingerprint density at radius 2 is 2.00 bits per heavy atom. The lowest BCUT2D eigenvalue weighted by Gasteiger charge is -2.25. The van der Waals surface area contributed by atoms with Crippen LogP contribution in [0.4, 0.5) is 8.78 Å². The highest BCUT2D eigenvalue weighted by molar-refractivity contribution is 9.10. The SMILES string of the molecule is O=C(NCC1CCCC(O)C1)c1c(F)cc(Br)cc1F. The maximum Gasteiger partial charge on any atom is 0.257 e. The lowest BCUT2D eigenvalue weighted by Crippen LogP contribution is -2.33. The van der Waals surface area contributed by atoms with Crippen LogP contribution in [0.1, 0.15) is 36.0 Å². The second-order valence-electron chi connectivity index (χ2n) is 5.14. The van der Waals surface area contributed by atoms with Gasteiger partial charge < -0.3 is 10.4 Å². The average molecular weight is 348 g/mol. The quantitative estimate of drug-likeness (QED) is 0.882. The highest BCUT2D eigenvalue weighted by atomic mass is 79.9. The molecule has 0 radical (unpaired) electrons. The predicted octanol–water partition coefficient (Wildman–Crippen LogP) is 3.01. The van der Waals surface area contributed by atoms with E-state index >= 15 is 0 Å². The van der Waals surface area contributed by atoms with Gasteiger partial charge >= 0.3 is 0 Å². The van der Waals surface area contributed by atoms with Crippen LogP contribution >= 0.6 is 15.9 Å². The predicted molar refractivity (Wildman–Crippen MR) is 74.4 cm³/mol. The first-order chi connectivity index (χ1) is 9.47. The van der Waals surface area contributed by atoms with E-state index in [1.54, 1.807) is 0 Å². The van der Waals surface area contributed by atoms with E-state index in [2.05, 4.69) is 21.2 Å². The molecule has 1 aromatic rings. The van der Waals surface area contributed by atoms with Crippen LogP contribution in [0, 0.1) is 17.6 Å². The number of aliphatic hydroxyl groups excluding tert-OH is 1. The molecule has 1 amide bonds. The van der Waals surface area contributed by atoms with Crippen molar-refractivity contribution in [2.45, 2.75) is 31.8 Å². The molecule has 0 aliphatic heterocycles. The molecule has 2 atom stereocenters. The summed E-state index contributed by atoms with van der Waals surface area (Å²) in [4.78, 5) is 11.9. The number of carbonyl (C=O) groups is 1. The van der Waals surface area contributed by atoms with E-state index in [1.807, 2.05) is 0 Å². The fourth-order valence-electron chi connectivity index (χ4n) is 2.53. The number of aliphatic hydroxyl groups is 1. The van der Waals surface area contributed by atoms with Crippen molar-refractivity contribution in [1.29, 1.82) is 0 Å². The molecule has 0 aromatic heterocycles. The summed E-state index contributed by atoms with van der Waals surface area (Å²) >= 11 is 2.96. The summed E-state index contributed by atoms with van der Waals surface area (Å²) in [6.45, 7) is 0.324. The molecule has 20 heavy (non-hydrogen) atoms. The lowest BCUT2D eigenvalue weighted by atomic mass is 9.87. The molecule has 1 aliphatic carbocycles. The van der Waals surface area contributed by atoms with Gasteiger partial charge in [-0.3, -0.25) is 4.79 Å². The number of rotatable bonds is 3. The number of carbonyl (C=O) groups excluding carboxylic acids is 1. The summed E-state index contributed by atoms with van der Waals surface area (Å²) < 4.78 is 27.5. The Morgan fingerprint density at radius 3 is 2.60 bits per heavy atom. The molecule has 1 aliphatic rings. The Morgan fingerprint density at radius 1 is 1.35 bits per heavy atom. The lowest BCUT2D eigenvalue weighted by molar-refractivity contribution is 0.0867. The summed E-state index contributed by atoms with van der Waals surface area (Å²) in [5.41, 5.74) is -0.565. The molecule has 6 heteroatoms. The number of hydrogen-bond acceptors (Lipinski definition) is 2. The molecule has 1 saturated carbocycles. The third-order valence-corrected chi connectivity index (χ3v) is 4.00. The van der Waals surface area contributed by atoms with Gasteiger partial charge in [0.2, 0.25) is 0 Å². The molecule has 0 spiro atoms. The van der Waals surface area contributed by atoms with Crippen LogP contribution in [0.15, 0.2) is 16.6 Å². The van der Waals surface area contributed by atoms with Crippen LogP contribution < -0.4 is 5.32 Å². The van der Waals surface area contributed by atoms with Crippen molar-refractivity contribution in [3.8, 4) is 0 Å². The molecule has 110 valence electrons. The Balaban J connectivity index is 1.98. The monoisotopic (exact) mass is 347 g/mol. The van der Waals surface area contributed by atoms with Crippen molar-refractivity contribution in [2.24, 2.45) is 5.92 Å². The van der Waals surface area contributed by atoms with Gasteiger partial charge in [0, 0.05) is 11.0 Å². The van der Waals surface area contributed by atoms with Gasteiger partial charge in [0.15, 0.2) is 0 Å². The summed E-state index contributed by atoms with van der Waals surface area (Å²) in [5.74, 6) is -2.38. The summed E-state index contributed by atoms with van der Waals surface area (Å²) in [7, 11) is 0. The van der Waals surface area contributed by atoms with Crippen molar-refractivity contribution in [1.82, 2.24) is 5.32 Å². The maximum absolute atomic E-state index is 13.6. The van der Waals surface area contributed by atoms with Crippen molar-refractivity contribution in [3.63, 3.8) is 0 Å². The van der Waals surface area contributed by atoms with E-state index in [1.165, 1.54) is 0 Å². The summed E-state index contributed by atoms with van der Waals surface area (Å²) in [6, 6.07) is 2.12. The molecule has 2 rings (SSSR count). The van der Waals surface area contributed by atoms with Crippen LogP contribution in [0.5, 0.6) is 0 Å². The number of amides is 1. The molecule has 0 heterocycles. The van der Waals surface area contributed by atoms with E-state index in [9.17, 15) is 18.7 Å². The van der Waals surface area contributed by atoms with Gasteiger partial charge in [-0.25, -0.2) is 8.78 Å². The van der Waals surface area contributed by atoms with E-state index < -0.39 is 23.1 Å². The molecule has 2 N–H and O–H groups in total. The van der Waals surface area contributed by atoms with Gasteiger partial charge in [-0.2, -0.15) is 0 Å². The fraction of sp³-hybridized carbons (Fsp3) is 0.500. The van der Waals surface area contributed by atoms with Crippen molar-refractivity contribution in [3.05, 3.63) is 33.8 Å². The minimum atomic E-state index is -0.891. The Bertz CT molecular complexity index is 487. The fourth-order valence-corrected chi connectivity index (χ4v) is 2.93. The van der Waals surface area contributed by atoms with Crippen molar-refractivity contribution < 1.29 is 18.7 Å². The molecule has 3 nitrogen and oxygen atoms in total. The summed E-state index contributed by atoms with van der Waals surface area (Å²) in [5, 5.41) is 12.1. The molecule has 2 unspecified atom stereocenters. The first-order valence-electron chi connectivity index (χ1n) is 6.58. The first-order valence-corrected chi connectivity index (χ1v) is 7.37. The molecule has 1 aromatic carbocycles. The maximum atomic E-state index is 13.6. The van der Waals surface area contributed by atoms with Gasteiger partial charge in [0.25, 0.3) is 5.91 Å². The topological polar surface area (TPSA) is 49.3 Å². The number of benzene rings is 1. The standard InChI is InChI=1S/C14H16BrF2NO2/c15-9-5-11(16)13(12(17)6-9)14(20)18-7-8-2-1-3-10(19)4-8/h5-6,8,10,19H,1-4,7H2,(H,18,20). The first kappa shape index (κ1) is 15.4. The Hall–Kier alpha value is -1.01. The van der Waals surface area contributed by atoms with Gasteiger partial charge in [-0.1, -0.05) is 22.4 Å². The zero-order valence-electron chi connectivity index (χ0n) is 10.8. The number of halogens is 3.